The number of hydrogen-bond acceptors (Lipinski definition) is 4. The number of rotatable bonds is 4. The Balaban J connectivity index is 1.62. The maximum atomic E-state index is 13.2. The number of fused-ring (bicyclic) bond motifs is 2. The van der Waals surface area contributed by atoms with E-state index in [4.69, 9.17) is 21.1 Å². The Morgan fingerprint density at radius 3 is 2.68 bits per heavy atom. The average molecular weight is 397 g/mol. The third kappa shape index (κ3) is 3.62. The number of carbonyl (C=O) groups excluding carboxylic acids is 1. The third-order valence-corrected chi connectivity index (χ3v) is 5.08. The lowest BCUT2D eigenvalue weighted by Crippen LogP contribution is -2.31. The number of benzene rings is 2. The standard InChI is InChI=1S/C22H21ClN2O3/c1-3-25(13-15-4-7-20-21(10-15)28-9-8-27-20)22(26)18-12-16-11-17(23)5-6-19(16)24-14(18)2/h4-7,10-12H,3,8-9,13H2,1-2H3. The number of nitrogens with zero attached hydrogens (tertiary/aromatic N) is 2. The Hall–Kier alpha value is -2.79. The summed E-state index contributed by atoms with van der Waals surface area (Å²) in [6.45, 7) is 6.00. The molecule has 0 saturated heterocycles. The van der Waals surface area contributed by atoms with Crippen LogP contribution in [0.1, 0.15) is 28.5 Å². The van der Waals surface area contributed by atoms with Crippen LogP contribution in [0, 0.1) is 6.92 Å². The van der Waals surface area contributed by atoms with Crippen LogP contribution in [0.5, 0.6) is 11.5 Å². The molecule has 0 fully saturated rings. The number of ether oxygens (including phenoxy) is 2. The van der Waals surface area contributed by atoms with Crippen LogP contribution in [0.25, 0.3) is 10.9 Å². The molecule has 2 aromatic carbocycles. The fourth-order valence-electron chi connectivity index (χ4n) is 3.36. The number of pyridine rings is 1. The van der Waals surface area contributed by atoms with E-state index in [-0.39, 0.29) is 5.91 Å². The third-order valence-electron chi connectivity index (χ3n) is 4.85. The first kappa shape index (κ1) is 18.6. The van der Waals surface area contributed by atoms with E-state index in [1.807, 2.05) is 50.2 Å². The highest BCUT2D eigenvalue weighted by molar-refractivity contribution is 6.31. The summed E-state index contributed by atoms with van der Waals surface area (Å²) >= 11 is 6.10. The van der Waals surface area contributed by atoms with Gasteiger partial charge in [-0.3, -0.25) is 9.78 Å². The monoisotopic (exact) mass is 396 g/mol. The average Bonchev–Trinajstić information content (AvgIpc) is 2.71. The van der Waals surface area contributed by atoms with Crippen LogP contribution in [0.2, 0.25) is 5.02 Å². The molecular formula is C22H21ClN2O3. The Labute approximate surface area is 168 Å². The molecule has 1 aliphatic heterocycles. The second-order valence-corrected chi connectivity index (χ2v) is 7.19. The van der Waals surface area contributed by atoms with E-state index in [0.717, 1.165) is 28.0 Å². The zero-order valence-corrected chi connectivity index (χ0v) is 16.6. The molecule has 1 aliphatic rings. The van der Waals surface area contributed by atoms with Gasteiger partial charge in [0.15, 0.2) is 11.5 Å². The fraction of sp³-hybridized carbons (Fsp3) is 0.273. The zero-order chi connectivity index (χ0) is 19.7. The highest BCUT2D eigenvalue weighted by Crippen LogP contribution is 2.31. The second kappa shape index (κ2) is 7.68. The molecule has 1 aromatic heterocycles. The van der Waals surface area contributed by atoms with Crippen LogP contribution in [-0.4, -0.2) is 35.5 Å². The molecule has 6 heteroatoms. The van der Waals surface area contributed by atoms with Crippen molar-refractivity contribution in [2.24, 2.45) is 0 Å². The van der Waals surface area contributed by atoms with E-state index in [0.29, 0.717) is 42.6 Å². The van der Waals surface area contributed by atoms with Gasteiger partial charge in [-0.25, -0.2) is 0 Å². The molecular weight excluding hydrogens is 376 g/mol. The van der Waals surface area contributed by atoms with Crippen molar-refractivity contribution >= 4 is 28.4 Å². The SMILES string of the molecule is CCN(Cc1ccc2c(c1)OCCO2)C(=O)c1cc2cc(Cl)ccc2nc1C. The van der Waals surface area contributed by atoms with Crippen LogP contribution < -0.4 is 9.47 Å². The van der Waals surface area contributed by atoms with Gasteiger partial charge in [-0.1, -0.05) is 17.7 Å². The Morgan fingerprint density at radius 1 is 1.11 bits per heavy atom. The Bertz CT molecular complexity index is 1050. The highest BCUT2D eigenvalue weighted by Gasteiger charge is 2.20. The predicted molar refractivity (Wildman–Crippen MR) is 109 cm³/mol. The molecule has 2 heterocycles. The minimum atomic E-state index is -0.0516. The predicted octanol–water partition coefficient (Wildman–Crippen LogP) is 4.63. The van der Waals surface area contributed by atoms with Crippen molar-refractivity contribution < 1.29 is 14.3 Å². The molecule has 0 aliphatic carbocycles. The first-order valence-corrected chi connectivity index (χ1v) is 9.67. The van der Waals surface area contributed by atoms with E-state index in [1.54, 1.807) is 11.0 Å². The van der Waals surface area contributed by atoms with E-state index >= 15 is 0 Å². The number of amides is 1. The minimum absolute atomic E-state index is 0.0516. The van der Waals surface area contributed by atoms with Crippen molar-refractivity contribution in [3.8, 4) is 11.5 Å². The molecule has 0 spiro atoms. The molecule has 28 heavy (non-hydrogen) atoms. The minimum Gasteiger partial charge on any atom is -0.486 e. The summed E-state index contributed by atoms with van der Waals surface area (Å²) in [5.41, 5.74) is 3.12. The zero-order valence-electron chi connectivity index (χ0n) is 15.9. The molecule has 0 atom stereocenters. The van der Waals surface area contributed by atoms with Gasteiger partial charge in [-0.15, -0.1) is 0 Å². The lowest BCUT2D eigenvalue weighted by atomic mass is 10.1. The Kier molecular flexibility index (Phi) is 5.09. The number of carbonyl (C=O) groups is 1. The fourth-order valence-corrected chi connectivity index (χ4v) is 3.54. The van der Waals surface area contributed by atoms with Crippen molar-refractivity contribution in [1.29, 1.82) is 0 Å². The molecule has 0 bridgehead atoms. The van der Waals surface area contributed by atoms with Crippen molar-refractivity contribution in [3.05, 3.63) is 64.3 Å². The summed E-state index contributed by atoms with van der Waals surface area (Å²) in [6.07, 6.45) is 0. The van der Waals surface area contributed by atoms with Gasteiger partial charge < -0.3 is 14.4 Å². The van der Waals surface area contributed by atoms with Crippen LogP contribution in [0.3, 0.4) is 0 Å². The molecule has 4 rings (SSSR count). The molecule has 0 saturated carbocycles. The van der Waals surface area contributed by atoms with Gasteiger partial charge in [0.25, 0.3) is 5.91 Å². The quantitative estimate of drug-likeness (QED) is 0.645. The van der Waals surface area contributed by atoms with Crippen LogP contribution in [0.15, 0.2) is 42.5 Å². The number of halogens is 1. The van der Waals surface area contributed by atoms with Gasteiger partial charge >= 0.3 is 0 Å². The van der Waals surface area contributed by atoms with Crippen molar-refractivity contribution in [2.75, 3.05) is 19.8 Å². The molecule has 5 nitrogen and oxygen atoms in total. The maximum Gasteiger partial charge on any atom is 0.256 e. The van der Waals surface area contributed by atoms with Crippen molar-refractivity contribution in [3.63, 3.8) is 0 Å². The summed E-state index contributed by atoms with van der Waals surface area (Å²) in [5, 5.41) is 1.48. The number of aryl methyl sites for hydroxylation is 1. The van der Waals surface area contributed by atoms with Gasteiger partial charge in [0.05, 0.1) is 16.8 Å². The molecule has 1 amide bonds. The Morgan fingerprint density at radius 2 is 1.89 bits per heavy atom. The molecule has 0 N–H and O–H groups in total. The molecule has 144 valence electrons. The van der Waals surface area contributed by atoms with Crippen LogP contribution in [-0.2, 0) is 6.54 Å². The summed E-state index contributed by atoms with van der Waals surface area (Å²) < 4.78 is 11.2. The van der Waals surface area contributed by atoms with Gasteiger partial charge in [0, 0.05) is 23.5 Å². The normalized spacial score (nSPS) is 12.8. The van der Waals surface area contributed by atoms with Gasteiger partial charge in [0.1, 0.15) is 13.2 Å². The van der Waals surface area contributed by atoms with E-state index in [2.05, 4.69) is 4.98 Å². The van der Waals surface area contributed by atoms with E-state index < -0.39 is 0 Å². The van der Waals surface area contributed by atoms with Crippen molar-refractivity contribution in [2.45, 2.75) is 20.4 Å². The maximum absolute atomic E-state index is 13.2. The largest absolute Gasteiger partial charge is 0.486 e. The van der Waals surface area contributed by atoms with E-state index in [1.165, 1.54) is 0 Å². The van der Waals surface area contributed by atoms with Gasteiger partial charge in [0.2, 0.25) is 0 Å². The van der Waals surface area contributed by atoms with Gasteiger partial charge in [-0.05, 0) is 55.8 Å². The number of hydrogen-bond donors (Lipinski definition) is 0. The summed E-state index contributed by atoms with van der Waals surface area (Å²) in [4.78, 5) is 19.6. The first-order valence-electron chi connectivity index (χ1n) is 9.30. The van der Waals surface area contributed by atoms with Crippen LogP contribution >= 0.6 is 11.6 Å². The lowest BCUT2D eigenvalue weighted by Gasteiger charge is -2.24. The topological polar surface area (TPSA) is 51.7 Å². The molecule has 0 radical (unpaired) electrons. The molecule has 3 aromatic rings. The van der Waals surface area contributed by atoms with Gasteiger partial charge in [-0.2, -0.15) is 0 Å². The highest BCUT2D eigenvalue weighted by atomic mass is 35.5. The first-order chi connectivity index (χ1) is 13.5. The van der Waals surface area contributed by atoms with Crippen molar-refractivity contribution in [1.82, 2.24) is 9.88 Å². The second-order valence-electron chi connectivity index (χ2n) is 6.76. The lowest BCUT2D eigenvalue weighted by molar-refractivity contribution is 0.0751. The summed E-state index contributed by atoms with van der Waals surface area (Å²) in [5.74, 6) is 1.42. The summed E-state index contributed by atoms with van der Waals surface area (Å²) in [6, 6.07) is 13.2. The van der Waals surface area contributed by atoms with Crippen LogP contribution in [0.4, 0.5) is 0 Å². The summed E-state index contributed by atoms with van der Waals surface area (Å²) in [7, 11) is 0. The molecule has 0 unspecified atom stereocenters. The van der Waals surface area contributed by atoms with E-state index in [9.17, 15) is 4.79 Å². The smallest absolute Gasteiger partial charge is 0.256 e. The number of aromatic nitrogens is 1.